The van der Waals surface area contributed by atoms with Gasteiger partial charge in [0.2, 0.25) is 0 Å². The monoisotopic (exact) mass is 248 g/mol. The van der Waals surface area contributed by atoms with Gasteiger partial charge in [-0.3, -0.25) is 4.79 Å². The molecule has 7 heteroatoms. The molecule has 1 saturated heterocycles. The Hall–Kier alpha value is -1.11. The van der Waals surface area contributed by atoms with E-state index in [1.807, 2.05) is 0 Å². The van der Waals surface area contributed by atoms with Gasteiger partial charge in [0.25, 0.3) is 0 Å². The fourth-order valence-corrected chi connectivity index (χ4v) is 3.33. The van der Waals surface area contributed by atoms with Gasteiger partial charge in [0.15, 0.2) is 9.84 Å². The van der Waals surface area contributed by atoms with E-state index in [-0.39, 0.29) is 24.6 Å². The highest BCUT2D eigenvalue weighted by atomic mass is 32.2. The predicted molar refractivity (Wildman–Crippen MR) is 58.9 cm³/mol. The summed E-state index contributed by atoms with van der Waals surface area (Å²) in [7, 11) is -3.02. The molecule has 0 spiro atoms. The predicted octanol–water partition coefficient (Wildman–Crippen LogP) is -0.548. The number of hydrogen-bond donors (Lipinski definition) is 2. The zero-order valence-corrected chi connectivity index (χ0v) is 9.97. The summed E-state index contributed by atoms with van der Waals surface area (Å²) in [5, 5.41) is 4.32. The molecule has 92 valence electrons. The van der Waals surface area contributed by atoms with Crippen LogP contribution < -0.4 is 10.6 Å². The van der Waals surface area contributed by atoms with Gasteiger partial charge >= 0.3 is 6.03 Å². The molecule has 0 aliphatic carbocycles. The van der Waals surface area contributed by atoms with Crippen molar-refractivity contribution in [2.75, 3.05) is 18.8 Å². The molecule has 1 heterocycles. The first kappa shape index (κ1) is 13.0. The molecular weight excluding hydrogens is 232 g/mol. The molecule has 1 aliphatic heterocycles. The first-order valence-corrected chi connectivity index (χ1v) is 6.86. The topological polar surface area (TPSA) is 92.3 Å². The molecule has 1 fully saturated rings. The first-order chi connectivity index (χ1) is 7.42. The summed E-state index contributed by atoms with van der Waals surface area (Å²) in [6.07, 6.45) is 1.25. The van der Waals surface area contributed by atoms with Gasteiger partial charge in [0, 0.05) is 6.54 Å². The van der Waals surface area contributed by atoms with Crippen molar-refractivity contribution in [1.29, 1.82) is 0 Å². The van der Waals surface area contributed by atoms with Gasteiger partial charge < -0.3 is 10.6 Å². The number of amides is 2. The van der Waals surface area contributed by atoms with Crippen LogP contribution in [-0.4, -0.2) is 44.3 Å². The fourth-order valence-electron chi connectivity index (χ4n) is 1.56. The molecule has 6 nitrogen and oxygen atoms in total. The molecule has 1 atom stereocenters. The van der Waals surface area contributed by atoms with Crippen LogP contribution in [0.3, 0.4) is 0 Å². The van der Waals surface area contributed by atoms with Crippen LogP contribution >= 0.6 is 0 Å². The standard InChI is InChI=1S/C9H16N2O4S/c1-7(12)5-10-9(13)11-6-8-3-2-4-16(8,14)15/h8H,2-6H2,1H3,(H2,10,11,13). The number of Topliss-reactive ketones (excluding diaryl/α,β-unsaturated/α-hetero) is 1. The summed E-state index contributed by atoms with van der Waals surface area (Å²) >= 11 is 0. The second-order valence-corrected chi connectivity index (χ2v) is 6.30. The third kappa shape index (κ3) is 3.80. The van der Waals surface area contributed by atoms with Gasteiger partial charge in [0.1, 0.15) is 5.78 Å². The van der Waals surface area contributed by atoms with Crippen LogP contribution in [0.2, 0.25) is 0 Å². The Morgan fingerprint density at radius 1 is 1.31 bits per heavy atom. The number of sulfone groups is 1. The van der Waals surface area contributed by atoms with Crippen molar-refractivity contribution >= 4 is 21.7 Å². The summed E-state index contributed by atoms with van der Waals surface area (Å²) in [6, 6.07) is -0.502. The Kier molecular flexibility index (Phi) is 4.28. The lowest BCUT2D eigenvalue weighted by atomic mass is 10.2. The Morgan fingerprint density at radius 3 is 2.50 bits per heavy atom. The van der Waals surface area contributed by atoms with E-state index in [0.29, 0.717) is 12.8 Å². The summed E-state index contributed by atoms with van der Waals surface area (Å²) in [6.45, 7) is 1.44. The minimum Gasteiger partial charge on any atom is -0.337 e. The molecule has 0 aromatic heterocycles. The Bertz CT molecular complexity index is 377. The van der Waals surface area contributed by atoms with E-state index in [9.17, 15) is 18.0 Å². The lowest BCUT2D eigenvalue weighted by Crippen LogP contribution is -2.42. The smallest absolute Gasteiger partial charge is 0.315 e. The van der Waals surface area contributed by atoms with Crippen LogP contribution in [0.25, 0.3) is 0 Å². The molecule has 0 bridgehead atoms. The number of carbonyl (C=O) groups is 2. The highest BCUT2D eigenvalue weighted by Gasteiger charge is 2.31. The van der Waals surface area contributed by atoms with Crippen LogP contribution in [0.5, 0.6) is 0 Å². The van der Waals surface area contributed by atoms with E-state index in [2.05, 4.69) is 10.6 Å². The van der Waals surface area contributed by atoms with Crippen molar-refractivity contribution in [3.8, 4) is 0 Å². The van der Waals surface area contributed by atoms with Crippen LogP contribution in [0.4, 0.5) is 4.79 Å². The summed E-state index contributed by atoms with van der Waals surface area (Å²) in [5.74, 6) is 0.0534. The average Bonchev–Trinajstić information content (AvgIpc) is 2.51. The molecule has 0 radical (unpaired) electrons. The van der Waals surface area contributed by atoms with Crippen LogP contribution in [-0.2, 0) is 14.6 Å². The van der Waals surface area contributed by atoms with Crippen molar-refractivity contribution in [1.82, 2.24) is 10.6 Å². The average molecular weight is 248 g/mol. The molecule has 2 amide bonds. The summed E-state index contributed by atoms with van der Waals surface area (Å²) in [4.78, 5) is 21.7. The Balaban J connectivity index is 2.29. The van der Waals surface area contributed by atoms with Gasteiger partial charge in [-0.15, -0.1) is 0 Å². The fraction of sp³-hybridized carbons (Fsp3) is 0.778. The molecule has 1 aliphatic rings. The van der Waals surface area contributed by atoms with Crippen LogP contribution in [0, 0.1) is 0 Å². The Labute approximate surface area is 94.7 Å². The molecule has 0 aromatic carbocycles. The normalized spacial score (nSPS) is 22.7. The SMILES string of the molecule is CC(=O)CNC(=O)NCC1CCCS1(=O)=O. The van der Waals surface area contributed by atoms with Crippen LogP contribution in [0.1, 0.15) is 19.8 Å². The number of urea groups is 1. The Morgan fingerprint density at radius 2 is 2.00 bits per heavy atom. The van der Waals surface area contributed by atoms with Crippen molar-refractivity contribution in [3.63, 3.8) is 0 Å². The minimum absolute atomic E-state index is 0.0384. The van der Waals surface area contributed by atoms with Crippen molar-refractivity contribution in [2.24, 2.45) is 0 Å². The molecular formula is C9H16N2O4S. The maximum absolute atomic E-state index is 11.4. The molecule has 0 saturated carbocycles. The highest BCUT2D eigenvalue weighted by Crippen LogP contribution is 2.18. The molecule has 1 rings (SSSR count). The van der Waals surface area contributed by atoms with E-state index in [4.69, 9.17) is 0 Å². The summed E-state index contributed by atoms with van der Waals surface area (Å²) < 4.78 is 22.8. The van der Waals surface area contributed by atoms with Crippen molar-refractivity contribution in [2.45, 2.75) is 25.0 Å². The zero-order chi connectivity index (χ0) is 12.2. The van der Waals surface area contributed by atoms with Crippen LogP contribution in [0.15, 0.2) is 0 Å². The number of nitrogens with one attached hydrogen (secondary N) is 2. The van der Waals surface area contributed by atoms with Gasteiger partial charge in [-0.2, -0.15) is 0 Å². The number of hydrogen-bond acceptors (Lipinski definition) is 4. The van der Waals surface area contributed by atoms with E-state index in [1.165, 1.54) is 6.92 Å². The van der Waals surface area contributed by atoms with E-state index < -0.39 is 21.1 Å². The molecule has 16 heavy (non-hydrogen) atoms. The third-order valence-corrected chi connectivity index (χ3v) is 4.73. The number of ketones is 1. The number of carbonyl (C=O) groups excluding carboxylic acids is 2. The van der Waals surface area contributed by atoms with Gasteiger partial charge in [-0.25, -0.2) is 13.2 Å². The zero-order valence-electron chi connectivity index (χ0n) is 9.15. The molecule has 2 N–H and O–H groups in total. The van der Waals surface area contributed by atoms with E-state index in [0.717, 1.165) is 0 Å². The number of rotatable bonds is 4. The van der Waals surface area contributed by atoms with Gasteiger partial charge in [-0.05, 0) is 19.8 Å². The van der Waals surface area contributed by atoms with E-state index >= 15 is 0 Å². The molecule has 0 aromatic rings. The quantitative estimate of drug-likeness (QED) is 0.698. The lowest BCUT2D eigenvalue weighted by Gasteiger charge is -2.10. The van der Waals surface area contributed by atoms with E-state index in [1.54, 1.807) is 0 Å². The third-order valence-electron chi connectivity index (χ3n) is 2.45. The second-order valence-electron chi connectivity index (χ2n) is 3.90. The van der Waals surface area contributed by atoms with Crippen molar-refractivity contribution < 1.29 is 18.0 Å². The highest BCUT2D eigenvalue weighted by molar-refractivity contribution is 7.92. The lowest BCUT2D eigenvalue weighted by molar-refractivity contribution is -0.116. The maximum Gasteiger partial charge on any atom is 0.315 e. The second kappa shape index (κ2) is 5.29. The minimum atomic E-state index is -3.02. The van der Waals surface area contributed by atoms with Gasteiger partial charge in [0.05, 0.1) is 17.5 Å². The maximum atomic E-state index is 11.4. The molecule has 1 unspecified atom stereocenters. The van der Waals surface area contributed by atoms with Gasteiger partial charge in [-0.1, -0.05) is 0 Å². The summed E-state index contributed by atoms with van der Waals surface area (Å²) in [5.41, 5.74) is 0. The first-order valence-electron chi connectivity index (χ1n) is 5.14. The largest absolute Gasteiger partial charge is 0.337 e. The van der Waals surface area contributed by atoms with Crippen molar-refractivity contribution in [3.05, 3.63) is 0 Å².